The van der Waals surface area contributed by atoms with E-state index in [9.17, 15) is 24.3 Å². The Morgan fingerprint density at radius 1 is 1.12 bits per heavy atom. The van der Waals surface area contributed by atoms with Crippen LogP contribution in [-0.4, -0.2) is 62.5 Å². The minimum atomic E-state index is -1.42. The highest BCUT2D eigenvalue weighted by atomic mass is 16.6. The highest BCUT2D eigenvalue weighted by Gasteiger charge is 2.55. The summed E-state index contributed by atoms with van der Waals surface area (Å²) in [6.07, 6.45) is 2.43. The van der Waals surface area contributed by atoms with E-state index in [1.807, 2.05) is 0 Å². The van der Waals surface area contributed by atoms with Crippen LogP contribution >= 0.6 is 0 Å². The molecule has 0 saturated heterocycles. The Hall–Kier alpha value is -2.42. The summed E-state index contributed by atoms with van der Waals surface area (Å²) in [5, 5.41) is 9.27. The van der Waals surface area contributed by atoms with E-state index in [1.165, 1.54) is 6.92 Å². The van der Waals surface area contributed by atoms with Gasteiger partial charge in [-0.2, -0.15) is 0 Å². The Kier molecular flexibility index (Phi) is 9.28. The molecule has 0 spiro atoms. The van der Waals surface area contributed by atoms with Crippen LogP contribution in [0.25, 0.3) is 0 Å². The fraction of sp³-hybridized carbons (Fsp3) is 0.760. The number of aliphatic carboxylic acids is 1. The van der Waals surface area contributed by atoms with Crippen molar-refractivity contribution in [2.75, 3.05) is 27.4 Å². The zero-order valence-corrected chi connectivity index (χ0v) is 20.9. The molecule has 0 bridgehead atoms. The molecular formula is C25H38O9. The molecular weight excluding hydrogens is 444 g/mol. The minimum absolute atomic E-state index is 0.0857. The summed E-state index contributed by atoms with van der Waals surface area (Å²) in [4.78, 5) is 47.7. The van der Waals surface area contributed by atoms with Crippen molar-refractivity contribution in [3.05, 3.63) is 12.2 Å². The first-order valence-corrected chi connectivity index (χ1v) is 11.7. The molecule has 0 unspecified atom stereocenters. The zero-order valence-electron chi connectivity index (χ0n) is 20.9. The fourth-order valence-electron chi connectivity index (χ4n) is 6.15. The summed E-state index contributed by atoms with van der Waals surface area (Å²) in [7, 11) is 2.29. The van der Waals surface area contributed by atoms with E-state index in [0.717, 1.165) is 51.9 Å². The van der Waals surface area contributed by atoms with Crippen molar-refractivity contribution in [1.29, 1.82) is 0 Å². The molecule has 9 nitrogen and oxygen atoms in total. The van der Waals surface area contributed by atoms with E-state index in [4.69, 9.17) is 18.9 Å². The van der Waals surface area contributed by atoms with Gasteiger partial charge in [-0.25, -0.2) is 4.79 Å². The first kappa shape index (κ1) is 27.8. The van der Waals surface area contributed by atoms with Crippen LogP contribution in [0.3, 0.4) is 0 Å². The second kappa shape index (κ2) is 11.3. The Balaban J connectivity index is 2.30. The molecule has 2 saturated carbocycles. The number of hydrogen-bond acceptors (Lipinski definition) is 8. The molecule has 34 heavy (non-hydrogen) atoms. The standard InChI is InChI=1S/C25H38O9/c1-15-8-9-19-24(3,14-34-16(2)26)10-7-11-25(19,4)18(15)13-33-21(23(30)32-6)17(12-20(27)28)22(29)31-5/h17-19,21H,1,7-14H2,2-6H3,(H,27,28)/t17-,18+,19+,21-,24+,25-/m1/s1. The normalized spacial score (nSPS) is 30.4. The minimum Gasteiger partial charge on any atom is -0.481 e. The van der Waals surface area contributed by atoms with Gasteiger partial charge in [0.25, 0.3) is 0 Å². The number of fused-ring (bicyclic) bond motifs is 1. The highest BCUT2D eigenvalue weighted by Crippen LogP contribution is 2.61. The van der Waals surface area contributed by atoms with Crippen LogP contribution in [0.4, 0.5) is 0 Å². The number of esters is 3. The summed E-state index contributed by atoms with van der Waals surface area (Å²) in [6.45, 7) is 10.5. The van der Waals surface area contributed by atoms with Crippen molar-refractivity contribution in [3.63, 3.8) is 0 Å². The van der Waals surface area contributed by atoms with Gasteiger partial charge in [-0.3, -0.25) is 14.4 Å². The average molecular weight is 483 g/mol. The molecule has 0 radical (unpaired) electrons. The smallest absolute Gasteiger partial charge is 0.335 e. The number of carboxylic acid groups (broad SMARTS) is 1. The molecule has 0 heterocycles. The third kappa shape index (κ3) is 5.98. The molecule has 9 heteroatoms. The van der Waals surface area contributed by atoms with Gasteiger partial charge in [0.05, 0.1) is 33.9 Å². The van der Waals surface area contributed by atoms with Crippen LogP contribution in [0.2, 0.25) is 0 Å². The van der Waals surface area contributed by atoms with Crippen LogP contribution in [0, 0.1) is 28.6 Å². The van der Waals surface area contributed by atoms with Gasteiger partial charge in [0.15, 0.2) is 6.10 Å². The van der Waals surface area contributed by atoms with Gasteiger partial charge < -0.3 is 24.1 Å². The fourth-order valence-corrected chi connectivity index (χ4v) is 6.15. The summed E-state index contributed by atoms with van der Waals surface area (Å²) in [5.74, 6) is -4.47. The van der Waals surface area contributed by atoms with Crippen molar-refractivity contribution in [3.8, 4) is 0 Å². The monoisotopic (exact) mass is 482 g/mol. The molecule has 0 amide bonds. The second-order valence-electron chi connectivity index (χ2n) is 10.1. The summed E-state index contributed by atoms with van der Waals surface area (Å²) in [5.41, 5.74) is 0.570. The zero-order chi connectivity index (χ0) is 25.7. The molecule has 2 aliphatic carbocycles. The Morgan fingerprint density at radius 2 is 1.76 bits per heavy atom. The summed E-state index contributed by atoms with van der Waals surface area (Å²) >= 11 is 0. The number of rotatable bonds is 10. The number of carboxylic acids is 1. The Morgan fingerprint density at radius 3 is 2.32 bits per heavy atom. The van der Waals surface area contributed by atoms with Crippen molar-refractivity contribution < 1.29 is 43.2 Å². The highest BCUT2D eigenvalue weighted by molar-refractivity contribution is 5.86. The molecule has 0 aromatic carbocycles. The topological polar surface area (TPSA) is 125 Å². The third-order valence-electron chi connectivity index (χ3n) is 7.89. The van der Waals surface area contributed by atoms with Crippen LogP contribution in [0.1, 0.15) is 59.3 Å². The van der Waals surface area contributed by atoms with Crippen molar-refractivity contribution in [1.82, 2.24) is 0 Å². The van der Waals surface area contributed by atoms with E-state index in [2.05, 4.69) is 20.4 Å². The molecule has 1 N–H and O–H groups in total. The lowest BCUT2D eigenvalue weighted by Gasteiger charge is -2.58. The van der Waals surface area contributed by atoms with E-state index >= 15 is 0 Å². The third-order valence-corrected chi connectivity index (χ3v) is 7.89. The molecule has 0 aromatic heterocycles. The van der Waals surface area contributed by atoms with Crippen LogP contribution < -0.4 is 0 Å². The second-order valence-corrected chi connectivity index (χ2v) is 10.1. The SMILES string of the molecule is C=C1CC[C@H]2[C@](C)(COC(C)=O)CCC[C@]2(C)[C@H]1CO[C@@H](C(=O)OC)[C@@H](CC(=O)O)C(=O)OC. The first-order chi connectivity index (χ1) is 15.9. The van der Waals surface area contributed by atoms with Crippen molar-refractivity contribution in [2.24, 2.45) is 28.6 Å². The lowest BCUT2D eigenvalue weighted by Crippen LogP contribution is -2.53. The molecule has 2 aliphatic rings. The van der Waals surface area contributed by atoms with Crippen LogP contribution in [0.15, 0.2) is 12.2 Å². The van der Waals surface area contributed by atoms with Gasteiger partial charge in [-0.15, -0.1) is 0 Å². The molecule has 2 fully saturated rings. The van der Waals surface area contributed by atoms with E-state index < -0.39 is 36.4 Å². The van der Waals surface area contributed by atoms with Gasteiger partial charge in [0.2, 0.25) is 0 Å². The number of carbonyl (C=O) groups is 4. The molecule has 192 valence electrons. The maximum absolute atomic E-state index is 12.5. The first-order valence-electron chi connectivity index (χ1n) is 11.7. The lowest BCUT2D eigenvalue weighted by atomic mass is 9.47. The van der Waals surface area contributed by atoms with E-state index in [1.54, 1.807) is 0 Å². The maximum Gasteiger partial charge on any atom is 0.335 e. The van der Waals surface area contributed by atoms with Gasteiger partial charge in [-0.05, 0) is 37.0 Å². The predicted octanol–water partition coefficient (Wildman–Crippen LogP) is 3.15. The Bertz CT molecular complexity index is 806. The van der Waals surface area contributed by atoms with Crippen LogP contribution in [-0.2, 0) is 38.1 Å². The molecule has 2 rings (SSSR count). The van der Waals surface area contributed by atoms with Gasteiger partial charge in [0.1, 0.15) is 5.92 Å². The number of ether oxygens (including phenoxy) is 4. The number of hydrogen-bond donors (Lipinski definition) is 1. The van der Waals surface area contributed by atoms with Crippen LogP contribution in [0.5, 0.6) is 0 Å². The van der Waals surface area contributed by atoms with E-state index in [-0.39, 0.29) is 35.2 Å². The predicted molar refractivity (Wildman–Crippen MR) is 122 cm³/mol. The van der Waals surface area contributed by atoms with Gasteiger partial charge >= 0.3 is 23.9 Å². The van der Waals surface area contributed by atoms with Crippen molar-refractivity contribution in [2.45, 2.75) is 65.4 Å². The summed E-state index contributed by atoms with van der Waals surface area (Å²) < 4.78 is 21.0. The number of carbonyl (C=O) groups excluding carboxylic acids is 3. The molecule has 0 aliphatic heterocycles. The quantitative estimate of drug-likeness (QED) is 0.284. The average Bonchev–Trinajstić information content (AvgIpc) is 2.77. The number of methoxy groups -OCH3 is 2. The van der Waals surface area contributed by atoms with Gasteiger partial charge in [0, 0.05) is 18.3 Å². The Labute approximate surface area is 201 Å². The summed E-state index contributed by atoms with van der Waals surface area (Å²) in [6, 6.07) is 0. The largest absolute Gasteiger partial charge is 0.481 e. The lowest BCUT2D eigenvalue weighted by molar-refractivity contribution is -0.175. The maximum atomic E-state index is 12.5. The van der Waals surface area contributed by atoms with Crippen molar-refractivity contribution >= 4 is 23.9 Å². The molecule has 0 aromatic rings. The van der Waals surface area contributed by atoms with E-state index in [0.29, 0.717) is 6.61 Å². The molecule has 6 atom stereocenters. The van der Waals surface area contributed by atoms with Gasteiger partial charge in [-0.1, -0.05) is 32.4 Å².